The minimum atomic E-state index is 0.804. The standard InChI is InChI=1S/C12H17BrClNO/c1-15(6-3-7-16-2)9-10-4-5-11(13)8-12(10)14/h4-5,8H,3,6-7,9H2,1-2H3. The van der Waals surface area contributed by atoms with Crippen LogP contribution >= 0.6 is 27.5 Å². The lowest BCUT2D eigenvalue weighted by atomic mass is 10.2. The van der Waals surface area contributed by atoms with Crippen molar-refractivity contribution in [2.24, 2.45) is 0 Å². The largest absolute Gasteiger partial charge is 0.385 e. The van der Waals surface area contributed by atoms with E-state index in [-0.39, 0.29) is 0 Å². The van der Waals surface area contributed by atoms with Crippen molar-refractivity contribution in [3.63, 3.8) is 0 Å². The molecule has 0 spiro atoms. The molecule has 4 heteroatoms. The van der Waals surface area contributed by atoms with Gasteiger partial charge >= 0.3 is 0 Å². The second-order valence-electron chi connectivity index (χ2n) is 3.82. The molecule has 0 aromatic heterocycles. The summed E-state index contributed by atoms with van der Waals surface area (Å²) in [6.07, 6.45) is 1.04. The SMILES string of the molecule is COCCCN(C)Cc1ccc(Br)cc1Cl. The van der Waals surface area contributed by atoms with Gasteiger partial charge in [-0.05, 0) is 31.2 Å². The summed E-state index contributed by atoms with van der Waals surface area (Å²) in [6.45, 7) is 2.69. The van der Waals surface area contributed by atoms with Gasteiger partial charge in [0.05, 0.1) is 0 Å². The molecule has 0 amide bonds. The van der Waals surface area contributed by atoms with E-state index >= 15 is 0 Å². The Balaban J connectivity index is 2.46. The van der Waals surface area contributed by atoms with Gasteiger partial charge in [0, 0.05) is 36.3 Å². The summed E-state index contributed by atoms with van der Waals surface area (Å²) in [5, 5.41) is 0.813. The second-order valence-corrected chi connectivity index (χ2v) is 5.14. The number of hydrogen-bond acceptors (Lipinski definition) is 2. The van der Waals surface area contributed by atoms with Gasteiger partial charge in [0.1, 0.15) is 0 Å². The molecule has 0 fully saturated rings. The molecule has 2 nitrogen and oxygen atoms in total. The van der Waals surface area contributed by atoms with Crippen LogP contribution in [0.15, 0.2) is 22.7 Å². The monoisotopic (exact) mass is 305 g/mol. The fraction of sp³-hybridized carbons (Fsp3) is 0.500. The van der Waals surface area contributed by atoms with Gasteiger partial charge in [-0.2, -0.15) is 0 Å². The van der Waals surface area contributed by atoms with Crippen molar-refractivity contribution in [2.75, 3.05) is 27.3 Å². The maximum Gasteiger partial charge on any atom is 0.0474 e. The average molecular weight is 307 g/mol. The molecule has 1 rings (SSSR count). The summed E-state index contributed by atoms with van der Waals surface area (Å²) in [5.74, 6) is 0. The first-order valence-corrected chi connectivity index (χ1v) is 6.42. The molecule has 0 heterocycles. The van der Waals surface area contributed by atoms with Gasteiger partial charge in [0.2, 0.25) is 0 Å². The zero-order valence-electron chi connectivity index (χ0n) is 9.67. The molecule has 1 aromatic rings. The van der Waals surface area contributed by atoms with E-state index in [9.17, 15) is 0 Å². The van der Waals surface area contributed by atoms with Gasteiger partial charge in [-0.15, -0.1) is 0 Å². The summed E-state index contributed by atoms with van der Waals surface area (Å²) >= 11 is 9.55. The Morgan fingerprint density at radius 2 is 2.19 bits per heavy atom. The van der Waals surface area contributed by atoms with Crippen molar-refractivity contribution in [3.05, 3.63) is 33.3 Å². The van der Waals surface area contributed by atoms with Crippen LogP contribution in [0.25, 0.3) is 0 Å². The van der Waals surface area contributed by atoms with E-state index in [0.29, 0.717) is 0 Å². The maximum absolute atomic E-state index is 6.15. The third-order valence-corrected chi connectivity index (χ3v) is 3.19. The molecule has 0 saturated heterocycles. The third kappa shape index (κ3) is 4.83. The highest BCUT2D eigenvalue weighted by Crippen LogP contribution is 2.22. The Hall–Kier alpha value is -0.0900. The number of halogens is 2. The van der Waals surface area contributed by atoms with E-state index in [1.54, 1.807) is 7.11 Å². The highest BCUT2D eigenvalue weighted by Gasteiger charge is 2.04. The van der Waals surface area contributed by atoms with E-state index in [0.717, 1.165) is 41.2 Å². The summed E-state index contributed by atoms with van der Waals surface area (Å²) in [4.78, 5) is 2.24. The lowest BCUT2D eigenvalue weighted by Crippen LogP contribution is -2.20. The van der Waals surface area contributed by atoms with Crippen LogP contribution in [-0.2, 0) is 11.3 Å². The zero-order chi connectivity index (χ0) is 12.0. The van der Waals surface area contributed by atoms with Gasteiger partial charge in [-0.1, -0.05) is 33.6 Å². The Bertz CT molecular complexity index is 333. The van der Waals surface area contributed by atoms with Gasteiger partial charge in [-0.3, -0.25) is 0 Å². The maximum atomic E-state index is 6.15. The van der Waals surface area contributed by atoms with E-state index in [1.165, 1.54) is 0 Å². The van der Waals surface area contributed by atoms with Crippen LogP contribution in [0.3, 0.4) is 0 Å². The molecule has 0 aliphatic rings. The Labute approximate surface area is 111 Å². The van der Waals surface area contributed by atoms with Crippen molar-refractivity contribution in [2.45, 2.75) is 13.0 Å². The molecular formula is C12H17BrClNO. The minimum absolute atomic E-state index is 0.804. The lowest BCUT2D eigenvalue weighted by Gasteiger charge is -2.17. The van der Waals surface area contributed by atoms with E-state index in [2.05, 4.69) is 33.9 Å². The molecule has 0 saturated carbocycles. The first-order valence-electron chi connectivity index (χ1n) is 5.25. The second kappa shape index (κ2) is 7.28. The van der Waals surface area contributed by atoms with Crippen molar-refractivity contribution in [3.8, 4) is 0 Å². The first kappa shape index (κ1) is 14.0. The predicted octanol–water partition coefficient (Wildman–Crippen LogP) is 3.57. The summed E-state index contributed by atoms with van der Waals surface area (Å²) in [7, 11) is 3.82. The normalized spacial score (nSPS) is 11.1. The fourth-order valence-corrected chi connectivity index (χ4v) is 2.23. The van der Waals surface area contributed by atoms with Gasteiger partial charge in [-0.25, -0.2) is 0 Å². The minimum Gasteiger partial charge on any atom is -0.385 e. The number of rotatable bonds is 6. The lowest BCUT2D eigenvalue weighted by molar-refractivity contribution is 0.178. The molecule has 0 atom stereocenters. The smallest absolute Gasteiger partial charge is 0.0474 e. The van der Waals surface area contributed by atoms with Crippen molar-refractivity contribution in [1.29, 1.82) is 0 Å². The number of nitrogens with zero attached hydrogens (tertiary/aromatic N) is 1. The van der Waals surface area contributed by atoms with E-state index < -0.39 is 0 Å². The number of ether oxygens (including phenoxy) is 1. The van der Waals surface area contributed by atoms with Crippen LogP contribution in [0, 0.1) is 0 Å². The van der Waals surface area contributed by atoms with Crippen LogP contribution in [0.4, 0.5) is 0 Å². The molecule has 0 bridgehead atoms. The van der Waals surface area contributed by atoms with Crippen LogP contribution in [0.1, 0.15) is 12.0 Å². The molecular weight excluding hydrogens is 289 g/mol. The molecule has 16 heavy (non-hydrogen) atoms. The molecule has 0 aliphatic heterocycles. The van der Waals surface area contributed by atoms with Crippen molar-refractivity contribution >= 4 is 27.5 Å². The quantitative estimate of drug-likeness (QED) is 0.745. The highest BCUT2D eigenvalue weighted by atomic mass is 79.9. The van der Waals surface area contributed by atoms with Gasteiger partial charge in [0.25, 0.3) is 0 Å². The zero-order valence-corrected chi connectivity index (χ0v) is 12.0. The number of methoxy groups -OCH3 is 1. The molecule has 0 unspecified atom stereocenters. The Morgan fingerprint density at radius 3 is 2.81 bits per heavy atom. The predicted molar refractivity (Wildman–Crippen MR) is 72.0 cm³/mol. The third-order valence-electron chi connectivity index (χ3n) is 2.34. The average Bonchev–Trinajstić information content (AvgIpc) is 2.23. The molecule has 1 aromatic carbocycles. The van der Waals surface area contributed by atoms with Crippen molar-refractivity contribution in [1.82, 2.24) is 4.90 Å². The topological polar surface area (TPSA) is 12.5 Å². The Morgan fingerprint density at radius 1 is 1.44 bits per heavy atom. The molecule has 0 aliphatic carbocycles. The highest BCUT2D eigenvalue weighted by molar-refractivity contribution is 9.10. The van der Waals surface area contributed by atoms with Crippen LogP contribution in [-0.4, -0.2) is 32.2 Å². The number of benzene rings is 1. The summed E-state index contributed by atoms with van der Waals surface area (Å²) < 4.78 is 6.04. The van der Waals surface area contributed by atoms with Gasteiger partial charge in [0.15, 0.2) is 0 Å². The first-order chi connectivity index (χ1) is 7.63. The Kier molecular flexibility index (Phi) is 6.36. The summed E-state index contributed by atoms with van der Waals surface area (Å²) in [5.41, 5.74) is 1.16. The van der Waals surface area contributed by atoms with Crippen LogP contribution < -0.4 is 0 Å². The fourth-order valence-electron chi connectivity index (χ4n) is 1.50. The van der Waals surface area contributed by atoms with Crippen molar-refractivity contribution < 1.29 is 4.74 Å². The van der Waals surface area contributed by atoms with Crippen LogP contribution in [0.5, 0.6) is 0 Å². The van der Waals surface area contributed by atoms with Crippen LogP contribution in [0.2, 0.25) is 5.02 Å². The molecule has 0 N–H and O–H groups in total. The van der Waals surface area contributed by atoms with E-state index in [4.69, 9.17) is 16.3 Å². The molecule has 0 radical (unpaired) electrons. The van der Waals surface area contributed by atoms with E-state index in [1.807, 2.05) is 12.1 Å². The summed E-state index contributed by atoms with van der Waals surface area (Å²) in [6, 6.07) is 6.00. The molecule has 90 valence electrons. The van der Waals surface area contributed by atoms with Gasteiger partial charge < -0.3 is 9.64 Å². The number of hydrogen-bond donors (Lipinski definition) is 0.